The maximum Gasteiger partial charge on any atom is 0.00816 e. The van der Waals surface area contributed by atoms with Crippen LogP contribution in [0.1, 0.15) is 60.3 Å². The van der Waals surface area contributed by atoms with Crippen LogP contribution < -0.4 is 5.32 Å². The van der Waals surface area contributed by atoms with Crippen LogP contribution in [0, 0.1) is 11.3 Å². The summed E-state index contributed by atoms with van der Waals surface area (Å²) in [6.07, 6.45) is 5.42. The molecule has 0 saturated carbocycles. The van der Waals surface area contributed by atoms with E-state index in [0.29, 0.717) is 17.5 Å². The highest BCUT2D eigenvalue weighted by atomic mass is 15.2. The fourth-order valence-corrected chi connectivity index (χ4v) is 3.20. The lowest BCUT2D eigenvalue weighted by Gasteiger charge is -2.31. The third-order valence-corrected chi connectivity index (χ3v) is 4.80. The second-order valence-corrected chi connectivity index (χ2v) is 7.30. The van der Waals surface area contributed by atoms with Crippen LogP contribution in [0.5, 0.6) is 0 Å². The standard InChI is InChI=1S/C16H34N2/c1-13(17-6)12-14(2)18-10-7-8-15(9-11-18)16(3,4)5/h13-15,17H,7-12H2,1-6H3. The van der Waals surface area contributed by atoms with E-state index in [1.807, 2.05) is 0 Å². The van der Waals surface area contributed by atoms with Crippen molar-refractivity contribution in [2.45, 2.75) is 72.4 Å². The van der Waals surface area contributed by atoms with Crippen LogP contribution in [-0.4, -0.2) is 37.1 Å². The van der Waals surface area contributed by atoms with Crippen LogP contribution in [0.25, 0.3) is 0 Å². The summed E-state index contributed by atoms with van der Waals surface area (Å²) in [6, 6.07) is 1.34. The predicted octanol–water partition coefficient (Wildman–Crippen LogP) is 3.52. The van der Waals surface area contributed by atoms with E-state index >= 15 is 0 Å². The maximum atomic E-state index is 3.36. The lowest BCUT2D eigenvalue weighted by atomic mass is 9.77. The van der Waals surface area contributed by atoms with E-state index in [0.717, 1.165) is 5.92 Å². The highest BCUT2D eigenvalue weighted by Gasteiger charge is 2.28. The van der Waals surface area contributed by atoms with Gasteiger partial charge in [0.05, 0.1) is 0 Å². The Bertz CT molecular complexity index is 232. The van der Waals surface area contributed by atoms with Gasteiger partial charge in [-0.2, -0.15) is 0 Å². The van der Waals surface area contributed by atoms with Gasteiger partial charge in [-0.25, -0.2) is 0 Å². The molecule has 0 amide bonds. The van der Waals surface area contributed by atoms with Crippen molar-refractivity contribution in [1.29, 1.82) is 0 Å². The minimum atomic E-state index is 0.484. The molecule has 1 heterocycles. The lowest BCUT2D eigenvalue weighted by Crippen LogP contribution is -2.38. The Balaban J connectivity index is 2.46. The van der Waals surface area contributed by atoms with E-state index in [1.165, 1.54) is 38.8 Å². The van der Waals surface area contributed by atoms with E-state index in [1.54, 1.807) is 0 Å². The zero-order chi connectivity index (χ0) is 13.8. The van der Waals surface area contributed by atoms with Gasteiger partial charge in [-0.15, -0.1) is 0 Å². The Kier molecular flexibility index (Phi) is 6.13. The Morgan fingerprint density at radius 1 is 1.17 bits per heavy atom. The molecule has 1 saturated heterocycles. The van der Waals surface area contributed by atoms with Crippen LogP contribution in [-0.2, 0) is 0 Å². The second kappa shape index (κ2) is 6.91. The summed E-state index contributed by atoms with van der Waals surface area (Å²) in [5, 5.41) is 3.36. The van der Waals surface area contributed by atoms with Crippen LogP contribution >= 0.6 is 0 Å². The molecule has 0 aliphatic carbocycles. The maximum absolute atomic E-state index is 3.36. The summed E-state index contributed by atoms with van der Waals surface area (Å²) in [5.74, 6) is 0.899. The van der Waals surface area contributed by atoms with Gasteiger partial charge in [0.15, 0.2) is 0 Å². The van der Waals surface area contributed by atoms with Crippen molar-refractivity contribution in [2.75, 3.05) is 20.1 Å². The van der Waals surface area contributed by atoms with E-state index in [-0.39, 0.29) is 0 Å². The van der Waals surface area contributed by atoms with Crippen LogP contribution in [0.3, 0.4) is 0 Å². The van der Waals surface area contributed by atoms with Crippen LogP contribution in [0.2, 0.25) is 0 Å². The summed E-state index contributed by atoms with van der Waals surface area (Å²) in [4.78, 5) is 2.71. The molecule has 0 aromatic heterocycles. The van der Waals surface area contributed by atoms with Crippen molar-refractivity contribution in [2.24, 2.45) is 11.3 Å². The topological polar surface area (TPSA) is 15.3 Å². The molecule has 1 aliphatic heterocycles. The summed E-state index contributed by atoms with van der Waals surface area (Å²) in [5.41, 5.74) is 0.484. The average molecular weight is 254 g/mol. The fourth-order valence-electron chi connectivity index (χ4n) is 3.20. The van der Waals surface area contributed by atoms with Crippen molar-refractivity contribution in [1.82, 2.24) is 10.2 Å². The Morgan fingerprint density at radius 3 is 2.39 bits per heavy atom. The highest BCUT2D eigenvalue weighted by molar-refractivity contribution is 4.81. The Hall–Kier alpha value is -0.0800. The number of nitrogens with one attached hydrogen (secondary N) is 1. The Morgan fingerprint density at radius 2 is 1.83 bits per heavy atom. The predicted molar refractivity (Wildman–Crippen MR) is 81.0 cm³/mol. The molecular weight excluding hydrogens is 220 g/mol. The average Bonchev–Trinajstić information content (AvgIpc) is 2.53. The number of rotatable bonds is 4. The first-order chi connectivity index (χ1) is 8.34. The zero-order valence-electron chi connectivity index (χ0n) is 13.4. The zero-order valence-corrected chi connectivity index (χ0v) is 13.4. The van der Waals surface area contributed by atoms with Gasteiger partial charge in [0.25, 0.3) is 0 Å². The molecule has 0 bridgehead atoms. The number of nitrogens with zero attached hydrogens (tertiary/aromatic N) is 1. The highest BCUT2D eigenvalue weighted by Crippen LogP contribution is 2.34. The first-order valence-corrected chi connectivity index (χ1v) is 7.76. The normalized spacial score (nSPS) is 26.7. The van der Waals surface area contributed by atoms with Gasteiger partial charge in [-0.3, -0.25) is 0 Å². The smallest absolute Gasteiger partial charge is 0.00816 e. The largest absolute Gasteiger partial charge is 0.317 e. The van der Waals surface area contributed by atoms with E-state index in [9.17, 15) is 0 Å². The summed E-state index contributed by atoms with van der Waals surface area (Å²) in [6.45, 7) is 14.5. The van der Waals surface area contributed by atoms with Crippen molar-refractivity contribution >= 4 is 0 Å². The van der Waals surface area contributed by atoms with E-state index in [4.69, 9.17) is 0 Å². The van der Waals surface area contributed by atoms with Crippen LogP contribution in [0.15, 0.2) is 0 Å². The minimum absolute atomic E-state index is 0.484. The number of hydrogen-bond donors (Lipinski definition) is 1. The van der Waals surface area contributed by atoms with Gasteiger partial charge in [0.1, 0.15) is 0 Å². The SMILES string of the molecule is CNC(C)CC(C)N1CCCC(C(C)(C)C)CC1. The van der Waals surface area contributed by atoms with Crippen molar-refractivity contribution in [3.8, 4) is 0 Å². The summed E-state index contributed by atoms with van der Waals surface area (Å²) < 4.78 is 0. The van der Waals surface area contributed by atoms with Gasteiger partial charge >= 0.3 is 0 Å². The van der Waals surface area contributed by atoms with E-state index < -0.39 is 0 Å². The molecule has 2 nitrogen and oxygen atoms in total. The van der Waals surface area contributed by atoms with Crippen molar-refractivity contribution in [3.63, 3.8) is 0 Å². The minimum Gasteiger partial charge on any atom is -0.317 e. The van der Waals surface area contributed by atoms with Gasteiger partial charge in [0.2, 0.25) is 0 Å². The third-order valence-electron chi connectivity index (χ3n) is 4.80. The molecule has 1 fully saturated rings. The molecule has 0 aromatic rings. The molecule has 1 aliphatic rings. The first kappa shape index (κ1) is 16.0. The molecule has 0 radical (unpaired) electrons. The van der Waals surface area contributed by atoms with Crippen molar-refractivity contribution in [3.05, 3.63) is 0 Å². The number of hydrogen-bond acceptors (Lipinski definition) is 2. The van der Waals surface area contributed by atoms with Crippen molar-refractivity contribution < 1.29 is 0 Å². The first-order valence-electron chi connectivity index (χ1n) is 7.76. The molecule has 108 valence electrons. The quantitative estimate of drug-likeness (QED) is 0.826. The molecule has 2 heteroatoms. The summed E-state index contributed by atoms with van der Waals surface area (Å²) >= 11 is 0. The lowest BCUT2D eigenvalue weighted by molar-refractivity contribution is 0.178. The fraction of sp³-hybridized carbons (Fsp3) is 1.00. The van der Waals surface area contributed by atoms with Gasteiger partial charge < -0.3 is 10.2 Å². The van der Waals surface area contributed by atoms with Gasteiger partial charge in [-0.05, 0) is 71.0 Å². The van der Waals surface area contributed by atoms with Gasteiger partial charge in [0, 0.05) is 12.1 Å². The third kappa shape index (κ3) is 4.89. The van der Waals surface area contributed by atoms with Crippen LogP contribution in [0.4, 0.5) is 0 Å². The van der Waals surface area contributed by atoms with E-state index in [2.05, 4.69) is 51.9 Å². The molecule has 3 atom stereocenters. The van der Waals surface area contributed by atoms with Gasteiger partial charge in [-0.1, -0.05) is 20.8 Å². The Labute approximate surface area is 115 Å². The molecular formula is C16H34N2. The summed E-state index contributed by atoms with van der Waals surface area (Å²) in [7, 11) is 2.06. The molecule has 18 heavy (non-hydrogen) atoms. The second-order valence-electron chi connectivity index (χ2n) is 7.30. The monoisotopic (exact) mass is 254 g/mol. The molecule has 1 N–H and O–H groups in total. The number of likely N-dealkylation sites (tertiary alicyclic amines) is 1. The molecule has 0 spiro atoms. The molecule has 1 rings (SSSR count). The molecule has 3 unspecified atom stereocenters. The molecule has 0 aromatic carbocycles.